The van der Waals surface area contributed by atoms with Gasteiger partial charge in [-0.25, -0.2) is 9.97 Å². The van der Waals surface area contributed by atoms with E-state index in [1.807, 2.05) is 6.20 Å². The van der Waals surface area contributed by atoms with E-state index in [1.165, 1.54) is 7.11 Å². The number of aromatic nitrogens is 2. The average molecular weight is 386 g/mol. The first-order valence-electron chi connectivity index (χ1n) is 9.58. The fourth-order valence-electron chi connectivity index (χ4n) is 3.86. The summed E-state index contributed by atoms with van der Waals surface area (Å²) < 4.78 is 15.8. The Bertz CT molecular complexity index is 858. The molecule has 0 saturated carbocycles. The van der Waals surface area contributed by atoms with Crippen LogP contribution in [0.2, 0.25) is 0 Å². The molecule has 8 heteroatoms. The Kier molecular flexibility index (Phi) is 4.97. The molecule has 150 valence electrons. The third kappa shape index (κ3) is 3.82. The molecule has 1 saturated heterocycles. The van der Waals surface area contributed by atoms with Gasteiger partial charge < -0.3 is 24.1 Å². The van der Waals surface area contributed by atoms with Crippen LogP contribution >= 0.6 is 0 Å². The van der Waals surface area contributed by atoms with Crippen molar-refractivity contribution >= 4 is 11.9 Å². The van der Waals surface area contributed by atoms with Crippen LogP contribution < -0.4 is 15.0 Å². The molecule has 1 N–H and O–H groups in total. The van der Waals surface area contributed by atoms with Crippen LogP contribution in [0.15, 0.2) is 22.7 Å². The predicted molar refractivity (Wildman–Crippen MR) is 103 cm³/mol. The number of nitrogens with zero attached hydrogens (tertiary/aromatic N) is 3. The number of rotatable bonds is 4. The van der Waals surface area contributed by atoms with Gasteiger partial charge in [-0.3, -0.25) is 4.79 Å². The summed E-state index contributed by atoms with van der Waals surface area (Å²) in [5, 5.41) is 3.08. The van der Waals surface area contributed by atoms with Gasteiger partial charge in [-0.1, -0.05) is 13.8 Å². The standard InChI is InChI=1S/C20H26N4O4/c1-20(2)10-14(22-18(25)16-4-5-17(26-3)28-16)13-12-21-19(23-15(13)11-20)24-6-8-27-9-7-24/h4-5,12,14H,6-11H2,1-3H3,(H,22,25)/t14-/m0/s1. The summed E-state index contributed by atoms with van der Waals surface area (Å²) in [6, 6.07) is 3.08. The number of anilines is 1. The number of carbonyl (C=O) groups is 1. The van der Waals surface area contributed by atoms with Gasteiger partial charge in [0.2, 0.25) is 5.95 Å². The van der Waals surface area contributed by atoms with Crippen molar-refractivity contribution in [2.75, 3.05) is 38.3 Å². The second-order valence-electron chi connectivity index (χ2n) is 8.07. The lowest BCUT2D eigenvalue weighted by Gasteiger charge is -2.37. The minimum atomic E-state index is -0.269. The van der Waals surface area contributed by atoms with Crippen LogP contribution in [0.1, 0.15) is 48.1 Å². The summed E-state index contributed by atoms with van der Waals surface area (Å²) in [5.41, 5.74) is 1.99. The van der Waals surface area contributed by atoms with E-state index in [4.69, 9.17) is 18.9 Å². The maximum atomic E-state index is 12.7. The first kappa shape index (κ1) is 18.7. The number of carbonyl (C=O) groups excluding carboxylic acids is 1. The number of hydrogen-bond donors (Lipinski definition) is 1. The van der Waals surface area contributed by atoms with E-state index in [-0.39, 0.29) is 23.1 Å². The van der Waals surface area contributed by atoms with Crippen molar-refractivity contribution in [3.05, 3.63) is 35.3 Å². The number of ether oxygens (including phenoxy) is 2. The Labute approximate surface area is 164 Å². The molecular formula is C20H26N4O4. The third-order valence-electron chi connectivity index (χ3n) is 5.27. The zero-order valence-electron chi connectivity index (χ0n) is 16.5. The van der Waals surface area contributed by atoms with Crippen LogP contribution in [0.4, 0.5) is 5.95 Å². The summed E-state index contributed by atoms with van der Waals surface area (Å²) in [7, 11) is 1.50. The zero-order valence-corrected chi connectivity index (χ0v) is 16.5. The van der Waals surface area contributed by atoms with E-state index in [1.54, 1.807) is 12.1 Å². The molecular weight excluding hydrogens is 360 g/mol. The summed E-state index contributed by atoms with van der Waals surface area (Å²) in [6.45, 7) is 7.36. The van der Waals surface area contributed by atoms with Crippen LogP contribution in [-0.4, -0.2) is 49.3 Å². The number of amides is 1. The Morgan fingerprint density at radius 3 is 2.82 bits per heavy atom. The first-order valence-corrected chi connectivity index (χ1v) is 9.58. The van der Waals surface area contributed by atoms with Crippen molar-refractivity contribution in [3.63, 3.8) is 0 Å². The molecule has 8 nitrogen and oxygen atoms in total. The topological polar surface area (TPSA) is 89.7 Å². The second kappa shape index (κ2) is 7.43. The molecule has 2 aromatic heterocycles. The molecule has 0 bridgehead atoms. The lowest BCUT2D eigenvalue weighted by Crippen LogP contribution is -2.39. The molecule has 1 aliphatic carbocycles. The third-order valence-corrected chi connectivity index (χ3v) is 5.27. The Balaban J connectivity index is 1.58. The maximum Gasteiger partial charge on any atom is 0.287 e. The fourth-order valence-corrected chi connectivity index (χ4v) is 3.86. The van der Waals surface area contributed by atoms with E-state index in [0.29, 0.717) is 19.2 Å². The van der Waals surface area contributed by atoms with Crippen LogP contribution in [-0.2, 0) is 11.2 Å². The van der Waals surface area contributed by atoms with Gasteiger partial charge in [0.05, 0.1) is 32.1 Å². The molecule has 3 heterocycles. The highest BCUT2D eigenvalue weighted by molar-refractivity contribution is 5.91. The van der Waals surface area contributed by atoms with Gasteiger partial charge in [-0.05, 0) is 24.3 Å². The minimum absolute atomic E-state index is 0.0163. The lowest BCUT2D eigenvalue weighted by atomic mass is 9.74. The van der Waals surface area contributed by atoms with Gasteiger partial charge >= 0.3 is 0 Å². The van der Waals surface area contributed by atoms with Crippen molar-refractivity contribution in [2.45, 2.75) is 32.7 Å². The summed E-state index contributed by atoms with van der Waals surface area (Å²) in [5.74, 6) is 1.01. The predicted octanol–water partition coefficient (Wildman–Crippen LogP) is 2.36. The molecule has 0 radical (unpaired) electrons. The van der Waals surface area contributed by atoms with E-state index in [9.17, 15) is 4.79 Å². The molecule has 1 amide bonds. The molecule has 4 rings (SSSR count). The van der Waals surface area contributed by atoms with Gasteiger partial charge in [-0.15, -0.1) is 0 Å². The molecule has 0 spiro atoms. The van der Waals surface area contributed by atoms with Crippen LogP contribution in [0.25, 0.3) is 0 Å². The number of morpholine rings is 1. The van der Waals surface area contributed by atoms with E-state index >= 15 is 0 Å². The Hall–Kier alpha value is -2.61. The van der Waals surface area contributed by atoms with E-state index in [2.05, 4.69) is 29.0 Å². The normalized spacial score (nSPS) is 21.1. The first-order chi connectivity index (χ1) is 13.4. The van der Waals surface area contributed by atoms with Gasteiger partial charge in [-0.2, -0.15) is 0 Å². The molecule has 1 fully saturated rings. The highest BCUT2D eigenvalue weighted by Crippen LogP contribution is 2.40. The highest BCUT2D eigenvalue weighted by atomic mass is 16.6. The number of nitrogens with one attached hydrogen (secondary N) is 1. The number of furan rings is 1. The molecule has 1 aliphatic heterocycles. The Morgan fingerprint density at radius 2 is 2.11 bits per heavy atom. The average Bonchev–Trinajstić information content (AvgIpc) is 3.17. The summed E-state index contributed by atoms with van der Waals surface area (Å²) >= 11 is 0. The number of methoxy groups -OCH3 is 1. The van der Waals surface area contributed by atoms with E-state index < -0.39 is 0 Å². The summed E-state index contributed by atoms with van der Waals surface area (Å²) in [4.78, 5) is 24.2. The van der Waals surface area contributed by atoms with Crippen LogP contribution in [0, 0.1) is 5.41 Å². The SMILES string of the molecule is COc1ccc(C(=O)N[C@H]2CC(C)(C)Cc3nc(N4CCOCC4)ncc32)o1. The highest BCUT2D eigenvalue weighted by Gasteiger charge is 2.35. The second-order valence-corrected chi connectivity index (χ2v) is 8.07. The fraction of sp³-hybridized carbons (Fsp3) is 0.550. The van der Waals surface area contributed by atoms with Crippen molar-refractivity contribution in [1.82, 2.24) is 15.3 Å². The monoisotopic (exact) mass is 386 g/mol. The van der Waals surface area contributed by atoms with Crippen LogP contribution in [0.3, 0.4) is 0 Å². The largest absolute Gasteiger partial charge is 0.468 e. The maximum absolute atomic E-state index is 12.7. The Morgan fingerprint density at radius 1 is 1.32 bits per heavy atom. The van der Waals surface area contributed by atoms with Gasteiger partial charge in [0, 0.05) is 30.9 Å². The molecule has 0 unspecified atom stereocenters. The molecule has 2 aliphatic rings. The summed E-state index contributed by atoms with van der Waals surface area (Å²) in [6.07, 6.45) is 3.52. The number of fused-ring (bicyclic) bond motifs is 1. The molecule has 1 atom stereocenters. The molecule has 0 aromatic carbocycles. The molecule has 28 heavy (non-hydrogen) atoms. The zero-order chi connectivity index (χ0) is 19.7. The quantitative estimate of drug-likeness (QED) is 0.863. The van der Waals surface area contributed by atoms with Gasteiger partial charge in [0.15, 0.2) is 5.76 Å². The number of hydrogen-bond acceptors (Lipinski definition) is 7. The smallest absolute Gasteiger partial charge is 0.287 e. The van der Waals surface area contributed by atoms with Gasteiger partial charge in [0.1, 0.15) is 0 Å². The van der Waals surface area contributed by atoms with Crippen molar-refractivity contribution in [1.29, 1.82) is 0 Å². The van der Waals surface area contributed by atoms with Crippen molar-refractivity contribution in [2.24, 2.45) is 5.41 Å². The molecule has 2 aromatic rings. The minimum Gasteiger partial charge on any atom is -0.468 e. The van der Waals surface area contributed by atoms with Crippen molar-refractivity contribution < 1.29 is 18.7 Å². The van der Waals surface area contributed by atoms with Gasteiger partial charge in [0.25, 0.3) is 11.9 Å². The lowest BCUT2D eigenvalue weighted by molar-refractivity contribution is 0.0884. The van der Waals surface area contributed by atoms with Crippen LogP contribution in [0.5, 0.6) is 5.95 Å². The van der Waals surface area contributed by atoms with Crippen molar-refractivity contribution in [3.8, 4) is 5.95 Å². The van der Waals surface area contributed by atoms with E-state index in [0.717, 1.165) is 43.1 Å².